The molecule has 2 rings (SSSR count). The van der Waals surface area contributed by atoms with E-state index in [1.807, 2.05) is 6.08 Å². The van der Waals surface area contributed by atoms with E-state index in [9.17, 15) is 9.90 Å². The van der Waals surface area contributed by atoms with Crippen molar-refractivity contribution in [2.45, 2.75) is 25.9 Å². The van der Waals surface area contributed by atoms with Gasteiger partial charge in [-0.15, -0.1) is 0 Å². The fourth-order valence-corrected chi connectivity index (χ4v) is 2.31. The van der Waals surface area contributed by atoms with Crippen molar-refractivity contribution in [2.24, 2.45) is 5.92 Å². The molecule has 1 amide bonds. The highest BCUT2D eigenvalue weighted by Gasteiger charge is 2.28. The predicted molar refractivity (Wildman–Crippen MR) is 77.6 cm³/mol. The van der Waals surface area contributed by atoms with Crippen molar-refractivity contribution in [3.05, 3.63) is 42.1 Å². The lowest BCUT2D eigenvalue weighted by Crippen LogP contribution is -2.37. The first-order chi connectivity index (χ1) is 9.41. The molecule has 0 radical (unpaired) electrons. The maximum absolute atomic E-state index is 12.3. The molecule has 1 unspecified atom stereocenters. The first kappa shape index (κ1) is 14.6. The van der Waals surface area contributed by atoms with E-state index in [1.54, 1.807) is 56.3 Å². The predicted octanol–water partition coefficient (Wildman–Crippen LogP) is 2.44. The zero-order chi connectivity index (χ0) is 14.8. The van der Waals surface area contributed by atoms with Gasteiger partial charge in [-0.25, -0.2) is 0 Å². The van der Waals surface area contributed by atoms with Crippen LogP contribution in [0.25, 0.3) is 0 Å². The number of benzene rings is 1. The van der Waals surface area contributed by atoms with E-state index in [0.29, 0.717) is 12.1 Å². The minimum atomic E-state index is -0.744. The van der Waals surface area contributed by atoms with E-state index in [0.717, 1.165) is 12.2 Å². The number of ether oxygens (including phenoxy) is 1. The lowest BCUT2D eigenvalue weighted by Gasteiger charge is -2.33. The lowest BCUT2D eigenvalue weighted by molar-refractivity contribution is 0.0260. The second-order valence-electron chi connectivity index (χ2n) is 5.62. The fourth-order valence-electron chi connectivity index (χ4n) is 2.31. The summed E-state index contributed by atoms with van der Waals surface area (Å²) < 4.78 is 5.08. The number of hydrogen-bond acceptors (Lipinski definition) is 3. The Morgan fingerprint density at radius 3 is 2.45 bits per heavy atom. The van der Waals surface area contributed by atoms with Gasteiger partial charge in [0.2, 0.25) is 0 Å². The molecule has 0 fully saturated rings. The molecular formula is C16H21NO3. The minimum absolute atomic E-state index is 0.0295. The highest BCUT2D eigenvalue weighted by atomic mass is 16.5. The van der Waals surface area contributed by atoms with E-state index >= 15 is 0 Å². The number of carbonyl (C=O) groups is 1. The molecule has 4 heteroatoms. The quantitative estimate of drug-likeness (QED) is 0.921. The number of methoxy groups -OCH3 is 1. The summed E-state index contributed by atoms with van der Waals surface area (Å²) in [5.41, 5.74) is -0.108. The number of rotatable bonds is 3. The molecule has 1 aliphatic rings. The Morgan fingerprint density at radius 1 is 1.35 bits per heavy atom. The van der Waals surface area contributed by atoms with Gasteiger partial charge in [0.05, 0.1) is 12.7 Å². The topological polar surface area (TPSA) is 49.8 Å². The Balaban J connectivity index is 2.07. The maximum Gasteiger partial charge on any atom is 0.257 e. The normalized spacial score (nSPS) is 19.0. The highest BCUT2D eigenvalue weighted by Crippen LogP contribution is 2.26. The summed E-state index contributed by atoms with van der Waals surface area (Å²) in [5.74, 6) is 0.790. The van der Waals surface area contributed by atoms with Crippen molar-refractivity contribution >= 4 is 5.91 Å². The van der Waals surface area contributed by atoms with Gasteiger partial charge in [-0.3, -0.25) is 4.79 Å². The lowest BCUT2D eigenvalue weighted by atomic mass is 9.86. The van der Waals surface area contributed by atoms with Gasteiger partial charge in [-0.1, -0.05) is 6.08 Å². The number of amides is 1. The van der Waals surface area contributed by atoms with Gasteiger partial charge < -0.3 is 14.7 Å². The van der Waals surface area contributed by atoms with Crippen LogP contribution in [-0.4, -0.2) is 35.2 Å². The third-order valence-electron chi connectivity index (χ3n) is 3.68. The summed E-state index contributed by atoms with van der Waals surface area (Å²) in [7, 11) is 1.60. The molecule has 20 heavy (non-hydrogen) atoms. The summed E-state index contributed by atoms with van der Waals surface area (Å²) in [5, 5.41) is 9.97. The van der Waals surface area contributed by atoms with Gasteiger partial charge in [0.1, 0.15) is 5.75 Å². The van der Waals surface area contributed by atoms with Gasteiger partial charge in [0.25, 0.3) is 5.91 Å². The van der Waals surface area contributed by atoms with Crippen LogP contribution in [0.15, 0.2) is 36.5 Å². The largest absolute Gasteiger partial charge is 0.497 e. The smallest absolute Gasteiger partial charge is 0.257 e. The van der Waals surface area contributed by atoms with E-state index < -0.39 is 5.60 Å². The van der Waals surface area contributed by atoms with Crippen molar-refractivity contribution in [3.63, 3.8) is 0 Å². The van der Waals surface area contributed by atoms with Crippen molar-refractivity contribution in [3.8, 4) is 5.75 Å². The van der Waals surface area contributed by atoms with Crippen molar-refractivity contribution in [2.75, 3.05) is 13.7 Å². The molecule has 1 heterocycles. The van der Waals surface area contributed by atoms with Gasteiger partial charge in [0, 0.05) is 24.2 Å². The van der Waals surface area contributed by atoms with E-state index in [-0.39, 0.29) is 11.8 Å². The van der Waals surface area contributed by atoms with Crippen LogP contribution in [0, 0.1) is 5.92 Å². The summed E-state index contributed by atoms with van der Waals surface area (Å²) in [6, 6.07) is 7.08. The molecule has 4 nitrogen and oxygen atoms in total. The van der Waals surface area contributed by atoms with Crippen LogP contribution in [0.3, 0.4) is 0 Å². The van der Waals surface area contributed by atoms with E-state index in [4.69, 9.17) is 4.74 Å². The Bertz CT molecular complexity index is 499. The number of nitrogens with zero attached hydrogens (tertiary/aromatic N) is 1. The van der Waals surface area contributed by atoms with Crippen molar-refractivity contribution in [1.29, 1.82) is 0 Å². The highest BCUT2D eigenvalue weighted by molar-refractivity contribution is 5.95. The van der Waals surface area contributed by atoms with E-state index in [2.05, 4.69) is 0 Å². The van der Waals surface area contributed by atoms with Gasteiger partial charge >= 0.3 is 0 Å². The minimum Gasteiger partial charge on any atom is -0.497 e. The molecule has 1 aromatic carbocycles. The first-order valence-corrected chi connectivity index (χ1v) is 6.77. The molecule has 0 spiro atoms. The summed E-state index contributed by atoms with van der Waals surface area (Å²) >= 11 is 0. The number of aliphatic hydroxyl groups is 1. The third kappa shape index (κ3) is 3.20. The molecule has 1 atom stereocenters. The molecular weight excluding hydrogens is 254 g/mol. The maximum atomic E-state index is 12.3. The van der Waals surface area contributed by atoms with Crippen LogP contribution in [-0.2, 0) is 0 Å². The molecule has 108 valence electrons. The van der Waals surface area contributed by atoms with Crippen LogP contribution in [0.1, 0.15) is 30.6 Å². The van der Waals surface area contributed by atoms with Gasteiger partial charge in [-0.05, 0) is 44.5 Å². The monoisotopic (exact) mass is 275 g/mol. The Morgan fingerprint density at radius 2 is 2.00 bits per heavy atom. The molecule has 0 aliphatic carbocycles. The Labute approximate surface area is 119 Å². The zero-order valence-electron chi connectivity index (χ0n) is 12.2. The third-order valence-corrected chi connectivity index (χ3v) is 3.68. The Hall–Kier alpha value is -1.81. The first-order valence-electron chi connectivity index (χ1n) is 6.77. The van der Waals surface area contributed by atoms with Crippen LogP contribution in [0.4, 0.5) is 0 Å². The van der Waals surface area contributed by atoms with Crippen LogP contribution < -0.4 is 4.74 Å². The zero-order valence-corrected chi connectivity index (χ0v) is 12.2. The fraction of sp³-hybridized carbons (Fsp3) is 0.438. The van der Waals surface area contributed by atoms with Gasteiger partial charge in [-0.2, -0.15) is 0 Å². The second-order valence-corrected chi connectivity index (χ2v) is 5.62. The molecule has 0 aromatic heterocycles. The average molecular weight is 275 g/mol. The molecule has 1 aromatic rings. The molecule has 0 bridgehead atoms. The molecule has 1 N–H and O–H groups in total. The molecule has 0 saturated carbocycles. The Kier molecular flexibility index (Phi) is 4.14. The molecule has 1 aliphatic heterocycles. The second kappa shape index (κ2) is 5.67. The van der Waals surface area contributed by atoms with Gasteiger partial charge in [0.15, 0.2) is 0 Å². The number of hydrogen-bond donors (Lipinski definition) is 1. The van der Waals surface area contributed by atoms with Crippen LogP contribution >= 0.6 is 0 Å². The van der Waals surface area contributed by atoms with Crippen molar-refractivity contribution in [1.82, 2.24) is 4.90 Å². The van der Waals surface area contributed by atoms with Crippen molar-refractivity contribution < 1.29 is 14.6 Å². The van der Waals surface area contributed by atoms with Crippen LogP contribution in [0.2, 0.25) is 0 Å². The summed E-state index contributed by atoms with van der Waals surface area (Å²) in [6.45, 7) is 4.21. The standard InChI is InChI=1S/C16H21NO3/c1-16(2,19)13-8-10-17(11-9-13)15(18)12-4-6-14(20-3)7-5-12/h4-8,10,13,19H,9,11H2,1-3H3. The summed E-state index contributed by atoms with van der Waals surface area (Å²) in [6.07, 6.45) is 4.45. The van der Waals surface area contributed by atoms with Crippen LogP contribution in [0.5, 0.6) is 5.75 Å². The molecule has 0 saturated heterocycles. The van der Waals surface area contributed by atoms with E-state index in [1.165, 1.54) is 0 Å². The SMILES string of the molecule is COc1ccc(C(=O)N2C=CC(C(C)(C)O)CC2)cc1. The summed E-state index contributed by atoms with van der Waals surface area (Å²) in [4.78, 5) is 14.0. The average Bonchev–Trinajstić information content (AvgIpc) is 2.46. The number of carbonyl (C=O) groups excluding carboxylic acids is 1.